The van der Waals surface area contributed by atoms with Crippen LogP contribution in [0, 0.1) is 0 Å². The molecule has 1 aromatic carbocycles. The lowest BCUT2D eigenvalue weighted by Crippen LogP contribution is -2.32. The summed E-state index contributed by atoms with van der Waals surface area (Å²) in [5, 5.41) is 0.731. The monoisotopic (exact) mass is 271 g/mol. The van der Waals surface area contributed by atoms with Crippen molar-refractivity contribution < 1.29 is 14.3 Å². The second kappa shape index (κ2) is 3.37. The number of carbonyl (C=O) groups excluding carboxylic acids is 2. The Labute approximate surface area is 107 Å². The van der Waals surface area contributed by atoms with Gasteiger partial charge < -0.3 is 4.74 Å². The first kappa shape index (κ1) is 10.9. The van der Waals surface area contributed by atoms with E-state index in [4.69, 9.17) is 27.9 Å². The zero-order valence-electron chi connectivity index (χ0n) is 8.57. The number of ether oxygens (including phenoxy) is 1. The zero-order valence-corrected chi connectivity index (χ0v) is 10.1. The van der Waals surface area contributed by atoms with Crippen molar-refractivity contribution in [3.8, 4) is 0 Å². The number of anilines is 1. The zero-order chi connectivity index (χ0) is 12.2. The molecule has 2 fully saturated rings. The second-order valence-corrected chi connectivity index (χ2v) is 5.00. The van der Waals surface area contributed by atoms with Crippen molar-refractivity contribution in [2.45, 2.75) is 18.4 Å². The molecule has 2 amide bonds. The lowest BCUT2D eigenvalue weighted by atomic mass is 10.2. The molecule has 1 aliphatic heterocycles. The molecule has 1 spiro atoms. The molecule has 0 unspecified atom stereocenters. The first-order valence-electron chi connectivity index (χ1n) is 5.05. The number of hydrogen-bond donors (Lipinski definition) is 0. The van der Waals surface area contributed by atoms with Gasteiger partial charge in [-0.1, -0.05) is 23.2 Å². The van der Waals surface area contributed by atoms with Gasteiger partial charge in [-0.05, 0) is 18.2 Å². The maximum atomic E-state index is 12.0. The maximum Gasteiger partial charge on any atom is 0.422 e. The van der Waals surface area contributed by atoms with Crippen molar-refractivity contribution in [3.63, 3.8) is 0 Å². The van der Waals surface area contributed by atoms with Gasteiger partial charge >= 0.3 is 6.09 Å². The standard InChI is InChI=1S/C11H7Cl2NO3/c12-6-3-7(13)5-8(4-6)14-9(15)11(1-2-11)17-10(14)16/h3-5H,1-2H2. The second-order valence-electron chi connectivity index (χ2n) is 4.13. The van der Waals surface area contributed by atoms with E-state index < -0.39 is 11.7 Å². The molecule has 0 radical (unpaired) electrons. The summed E-state index contributed by atoms with van der Waals surface area (Å²) in [6.07, 6.45) is 0.510. The van der Waals surface area contributed by atoms with Gasteiger partial charge in [-0.15, -0.1) is 0 Å². The van der Waals surface area contributed by atoms with E-state index in [0.29, 0.717) is 28.6 Å². The van der Waals surface area contributed by atoms with Crippen LogP contribution in [0.5, 0.6) is 0 Å². The minimum Gasteiger partial charge on any atom is -0.432 e. The van der Waals surface area contributed by atoms with Crippen molar-refractivity contribution in [2.24, 2.45) is 0 Å². The van der Waals surface area contributed by atoms with Crippen LogP contribution in [0.15, 0.2) is 18.2 Å². The fourth-order valence-corrected chi connectivity index (χ4v) is 2.38. The largest absolute Gasteiger partial charge is 0.432 e. The van der Waals surface area contributed by atoms with Gasteiger partial charge in [0.15, 0.2) is 5.60 Å². The molecule has 1 saturated carbocycles. The lowest BCUT2D eigenvalue weighted by molar-refractivity contribution is -0.123. The maximum absolute atomic E-state index is 12.0. The Hall–Kier alpha value is -1.26. The smallest absolute Gasteiger partial charge is 0.422 e. The van der Waals surface area contributed by atoms with Crippen LogP contribution >= 0.6 is 23.2 Å². The van der Waals surface area contributed by atoms with E-state index in [1.165, 1.54) is 18.2 Å². The normalized spacial score (nSPS) is 20.9. The summed E-state index contributed by atoms with van der Waals surface area (Å²) in [5.41, 5.74) is -0.562. The number of rotatable bonds is 1. The van der Waals surface area contributed by atoms with Crippen LogP contribution in [0.4, 0.5) is 10.5 Å². The summed E-state index contributed by atoms with van der Waals surface area (Å²) in [5.74, 6) is -0.333. The molecule has 88 valence electrons. The first-order valence-corrected chi connectivity index (χ1v) is 5.81. The molecular weight excluding hydrogens is 265 g/mol. The summed E-state index contributed by atoms with van der Waals surface area (Å²) in [4.78, 5) is 24.7. The van der Waals surface area contributed by atoms with Crippen LogP contribution in [0.25, 0.3) is 0 Å². The Morgan fingerprint density at radius 3 is 2.18 bits per heavy atom. The summed E-state index contributed by atoms with van der Waals surface area (Å²) >= 11 is 11.7. The Morgan fingerprint density at radius 2 is 1.71 bits per heavy atom. The number of carbonyl (C=O) groups is 2. The average Bonchev–Trinajstić information content (AvgIpc) is 2.92. The third-order valence-corrected chi connectivity index (χ3v) is 3.30. The minimum absolute atomic E-state index is 0.333. The predicted molar refractivity (Wildman–Crippen MR) is 62.4 cm³/mol. The third-order valence-electron chi connectivity index (χ3n) is 2.87. The highest BCUT2D eigenvalue weighted by molar-refractivity contribution is 6.35. The van der Waals surface area contributed by atoms with Crippen LogP contribution in [-0.2, 0) is 9.53 Å². The number of amides is 2. The van der Waals surface area contributed by atoms with E-state index >= 15 is 0 Å². The molecule has 6 heteroatoms. The molecule has 0 N–H and O–H groups in total. The van der Waals surface area contributed by atoms with Crippen LogP contribution in [-0.4, -0.2) is 17.6 Å². The van der Waals surface area contributed by atoms with Crippen molar-refractivity contribution in [2.75, 3.05) is 4.90 Å². The van der Waals surface area contributed by atoms with Crippen molar-refractivity contribution in [1.82, 2.24) is 0 Å². The molecule has 4 nitrogen and oxygen atoms in total. The summed E-state index contributed by atoms with van der Waals surface area (Å²) in [7, 11) is 0. The lowest BCUT2D eigenvalue weighted by Gasteiger charge is -2.11. The van der Waals surface area contributed by atoms with Gasteiger partial charge in [0.1, 0.15) is 0 Å². The average molecular weight is 272 g/mol. The summed E-state index contributed by atoms with van der Waals surface area (Å²) in [6, 6.07) is 4.55. The Balaban J connectivity index is 2.04. The number of halogens is 2. The van der Waals surface area contributed by atoms with Gasteiger partial charge in [-0.3, -0.25) is 4.79 Å². The van der Waals surface area contributed by atoms with Gasteiger partial charge in [-0.25, -0.2) is 9.69 Å². The van der Waals surface area contributed by atoms with Gasteiger partial charge in [0.25, 0.3) is 5.91 Å². The molecule has 0 aromatic heterocycles. The molecular formula is C11H7Cl2NO3. The van der Waals surface area contributed by atoms with Gasteiger partial charge in [0.2, 0.25) is 0 Å². The van der Waals surface area contributed by atoms with Crippen LogP contribution in [0.2, 0.25) is 10.0 Å². The molecule has 0 bridgehead atoms. The molecule has 1 aliphatic carbocycles. The fraction of sp³-hybridized carbons (Fsp3) is 0.273. The number of benzene rings is 1. The topological polar surface area (TPSA) is 46.6 Å². The molecule has 2 aliphatic rings. The third kappa shape index (κ3) is 1.59. The van der Waals surface area contributed by atoms with E-state index in [2.05, 4.69) is 0 Å². The van der Waals surface area contributed by atoms with Crippen LogP contribution in [0.3, 0.4) is 0 Å². The van der Waals surface area contributed by atoms with E-state index in [1.54, 1.807) is 0 Å². The van der Waals surface area contributed by atoms with Gasteiger partial charge in [0, 0.05) is 22.9 Å². The number of hydrogen-bond acceptors (Lipinski definition) is 3. The highest BCUT2D eigenvalue weighted by atomic mass is 35.5. The van der Waals surface area contributed by atoms with Gasteiger partial charge in [0.05, 0.1) is 5.69 Å². The van der Waals surface area contributed by atoms with Crippen molar-refractivity contribution >= 4 is 40.9 Å². The Morgan fingerprint density at radius 1 is 1.12 bits per heavy atom. The Kier molecular flexibility index (Phi) is 2.15. The molecule has 1 aromatic rings. The SMILES string of the molecule is O=C1OC2(CC2)C(=O)N1c1cc(Cl)cc(Cl)c1. The quantitative estimate of drug-likeness (QED) is 0.789. The molecule has 1 heterocycles. The molecule has 17 heavy (non-hydrogen) atoms. The highest BCUT2D eigenvalue weighted by Gasteiger charge is 2.62. The van der Waals surface area contributed by atoms with E-state index in [9.17, 15) is 9.59 Å². The first-order chi connectivity index (χ1) is 8.02. The van der Waals surface area contributed by atoms with Crippen molar-refractivity contribution in [1.29, 1.82) is 0 Å². The van der Waals surface area contributed by atoms with Gasteiger partial charge in [-0.2, -0.15) is 0 Å². The fourth-order valence-electron chi connectivity index (χ4n) is 1.86. The number of nitrogens with zero attached hydrogens (tertiary/aromatic N) is 1. The predicted octanol–water partition coefficient (Wildman–Crippen LogP) is 3.01. The summed E-state index contributed by atoms with van der Waals surface area (Å²) < 4.78 is 5.07. The number of imide groups is 1. The van der Waals surface area contributed by atoms with E-state index in [1.807, 2.05) is 0 Å². The van der Waals surface area contributed by atoms with Crippen LogP contribution < -0.4 is 4.90 Å². The summed E-state index contributed by atoms with van der Waals surface area (Å²) in [6.45, 7) is 0. The van der Waals surface area contributed by atoms with Crippen LogP contribution in [0.1, 0.15) is 12.8 Å². The highest BCUT2D eigenvalue weighted by Crippen LogP contribution is 2.47. The minimum atomic E-state index is -0.911. The molecule has 0 atom stereocenters. The van der Waals surface area contributed by atoms with Crippen molar-refractivity contribution in [3.05, 3.63) is 28.2 Å². The Bertz CT molecular complexity index is 519. The molecule has 3 rings (SSSR count). The molecule has 1 saturated heterocycles. The van der Waals surface area contributed by atoms with E-state index in [-0.39, 0.29) is 5.91 Å². The van der Waals surface area contributed by atoms with E-state index in [0.717, 1.165) is 4.90 Å².